The summed E-state index contributed by atoms with van der Waals surface area (Å²) in [6, 6.07) is 7.39. The average molecular weight is 274 g/mol. The van der Waals surface area contributed by atoms with Crippen LogP contribution in [0.2, 0.25) is 0 Å². The smallest absolute Gasteiger partial charge is 0.255 e. The minimum Gasteiger partial charge on any atom is -0.396 e. The van der Waals surface area contributed by atoms with Gasteiger partial charge in [0.25, 0.3) is 5.91 Å². The number of aromatic nitrogens is 1. The molecule has 0 aliphatic rings. The van der Waals surface area contributed by atoms with Crippen molar-refractivity contribution in [3.05, 3.63) is 47.9 Å². The molecule has 0 saturated carbocycles. The van der Waals surface area contributed by atoms with Crippen LogP contribution in [0.5, 0.6) is 0 Å². The minimum absolute atomic E-state index is 0.0110. The normalized spacial score (nSPS) is 10.2. The van der Waals surface area contributed by atoms with Gasteiger partial charge in [0.1, 0.15) is 5.82 Å². The second-order valence-corrected chi connectivity index (χ2v) is 4.46. The molecular formula is C14H15FN4O. The number of nitrogens with one attached hydrogen (secondary N) is 1. The lowest BCUT2D eigenvalue weighted by atomic mass is 10.2. The van der Waals surface area contributed by atoms with Gasteiger partial charge in [0, 0.05) is 25.9 Å². The molecule has 1 aromatic carbocycles. The van der Waals surface area contributed by atoms with Gasteiger partial charge in [-0.2, -0.15) is 0 Å². The number of nitrogens with two attached hydrogens (primary N) is 1. The number of pyridine rings is 1. The van der Waals surface area contributed by atoms with Crippen LogP contribution in [0.15, 0.2) is 36.5 Å². The molecule has 0 aliphatic carbocycles. The predicted molar refractivity (Wildman–Crippen MR) is 77.3 cm³/mol. The topological polar surface area (TPSA) is 71.2 Å². The first kappa shape index (κ1) is 13.8. The van der Waals surface area contributed by atoms with E-state index in [9.17, 15) is 9.18 Å². The molecule has 0 bridgehead atoms. The molecule has 0 radical (unpaired) electrons. The molecule has 2 rings (SSSR count). The van der Waals surface area contributed by atoms with Crippen LogP contribution in [0.1, 0.15) is 10.4 Å². The lowest BCUT2D eigenvalue weighted by molar-refractivity contribution is 0.102. The first-order valence-corrected chi connectivity index (χ1v) is 5.97. The van der Waals surface area contributed by atoms with Gasteiger partial charge in [0.2, 0.25) is 0 Å². The van der Waals surface area contributed by atoms with E-state index in [1.807, 2.05) is 14.1 Å². The van der Waals surface area contributed by atoms with Crippen LogP contribution in [0.3, 0.4) is 0 Å². The number of hydrogen-bond acceptors (Lipinski definition) is 4. The fourth-order valence-electron chi connectivity index (χ4n) is 1.71. The summed E-state index contributed by atoms with van der Waals surface area (Å²) < 4.78 is 13.4. The number of amides is 1. The van der Waals surface area contributed by atoms with Gasteiger partial charge in [-0.15, -0.1) is 0 Å². The Morgan fingerprint density at radius 3 is 2.75 bits per heavy atom. The third-order valence-electron chi connectivity index (χ3n) is 2.72. The Bertz CT molecular complexity index is 643. The summed E-state index contributed by atoms with van der Waals surface area (Å²) in [4.78, 5) is 18.0. The summed E-state index contributed by atoms with van der Waals surface area (Å²) in [7, 11) is 3.64. The summed E-state index contributed by atoms with van der Waals surface area (Å²) >= 11 is 0. The van der Waals surface area contributed by atoms with Gasteiger partial charge < -0.3 is 16.0 Å². The zero-order valence-corrected chi connectivity index (χ0v) is 11.2. The van der Waals surface area contributed by atoms with Gasteiger partial charge in [-0.25, -0.2) is 9.37 Å². The summed E-state index contributed by atoms with van der Waals surface area (Å²) in [5.74, 6) is -0.409. The number of rotatable bonds is 3. The number of carbonyl (C=O) groups is 1. The van der Waals surface area contributed by atoms with Gasteiger partial charge in [-0.3, -0.25) is 4.79 Å². The second-order valence-electron chi connectivity index (χ2n) is 4.46. The van der Waals surface area contributed by atoms with Gasteiger partial charge in [0.15, 0.2) is 5.82 Å². The Balaban J connectivity index is 2.26. The number of nitrogen functional groups attached to an aromatic ring is 1. The lowest BCUT2D eigenvalue weighted by Crippen LogP contribution is -2.18. The number of hydrogen-bond donors (Lipinski definition) is 2. The van der Waals surface area contributed by atoms with Crippen molar-refractivity contribution >= 4 is 23.1 Å². The standard InChI is InChI=1S/C14H15FN4O/c1-19(2)13-12(4-3-7-17-13)18-14(20)9-5-6-11(16)10(15)8-9/h3-8H,16H2,1-2H3,(H,18,20). The Hall–Kier alpha value is -2.63. The fourth-order valence-corrected chi connectivity index (χ4v) is 1.71. The van der Waals surface area contributed by atoms with E-state index in [-0.39, 0.29) is 11.3 Å². The highest BCUT2D eigenvalue weighted by Gasteiger charge is 2.12. The van der Waals surface area contributed by atoms with Crippen molar-refractivity contribution in [3.8, 4) is 0 Å². The molecule has 0 unspecified atom stereocenters. The van der Waals surface area contributed by atoms with E-state index in [2.05, 4.69) is 10.3 Å². The second kappa shape index (κ2) is 5.56. The maximum Gasteiger partial charge on any atom is 0.255 e. The number of carbonyl (C=O) groups excluding carboxylic acids is 1. The van der Waals surface area contributed by atoms with E-state index in [0.29, 0.717) is 11.5 Å². The molecule has 0 atom stereocenters. The van der Waals surface area contributed by atoms with Crippen molar-refractivity contribution < 1.29 is 9.18 Å². The van der Waals surface area contributed by atoms with Crippen molar-refractivity contribution in [2.45, 2.75) is 0 Å². The highest BCUT2D eigenvalue weighted by atomic mass is 19.1. The first-order valence-electron chi connectivity index (χ1n) is 5.97. The highest BCUT2D eigenvalue weighted by molar-refractivity contribution is 6.05. The molecule has 1 aromatic heterocycles. The molecule has 104 valence electrons. The Morgan fingerprint density at radius 1 is 1.35 bits per heavy atom. The van der Waals surface area contributed by atoms with E-state index in [1.54, 1.807) is 23.2 Å². The Morgan fingerprint density at radius 2 is 2.10 bits per heavy atom. The van der Waals surface area contributed by atoms with Crippen molar-refractivity contribution in [1.82, 2.24) is 4.98 Å². The summed E-state index contributed by atoms with van der Waals surface area (Å²) in [6.07, 6.45) is 1.63. The molecular weight excluding hydrogens is 259 g/mol. The van der Waals surface area contributed by atoms with E-state index >= 15 is 0 Å². The highest BCUT2D eigenvalue weighted by Crippen LogP contribution is 2.21. The van der Waals surface area contributed by atoms with Crippen molar-refractivity contribution in [3.63, 3.8) is 0 Å². The Kier molecular flexibility index (Phi) is 3.84. The van der Waals surface area contributed by atoms with Crippen LogP contribution in [0.25, 0.3) is 0 Å². The molecule has 0 spiro atoms. The molecule has 0 fully saturated rings. The van der Waals surface area contributed by atoms with E-state index in [0.717, 1.165) is 6.07 Å². The number of benzene rings is 1. The molecule has 1 amide bonds. The fraction of sp³-hybridized carbons (Fsp3) is 0.143. The lowest BCUT2D eigenvalue weighted by Gasteiger charge is -2.16. The quantitative estimate of drug-likeness (QED) is 0.841. The van der Waals surface area contributed by atoms with Gasteiger partial charge in [0.05, 0.1) is 11.4 Å². The molecule has 20 heavy (non-hydrogen) atoms. The van der Waals surface area contributed by atoms with E-state index < -0.39 is 11.7 Å². The van der Waals surface area contributed by atoms with Crippen molar-refractivity contribution in [2.24, 2.45) is 0 Å². The van der Waals surface area contributed by atoms with Gasteiger partial charge >= 0.3 is 0 Å². The first-order chi connectivity index (χ1) is 9.49. The van der Waals surface area contributed by atoms with Crippen LogP contribution >= 0.6 is 0 Å². The van der Waals surface area contributed by atoms with E-state index in [1.165, 1.54) is 12.1 Å². The molecule has 3 N–H and O–H groups in total. The molecule has 0 saturated heterocycles. The van der Waals surface area contributed by atoms with Gasteiger partial charge in [-0.05, 0) is 30.3 Å². The number of halogens is 1. The zero-order chi connectivity index (χ0) is 14.7. The third-order valence-corrected chi connectivity index (χ3v) is 2.72. The van der Waals surface area contributed by atoms with Crippen LogP contribution in [-0.4, -0.2) is 25.0 Å². The van der Waals surface area contributed by atoms with Crippen LogP contribution < -0.4 is 16.0 Å². The van der Waals surface area contributed by atoms with Crippen molar-refractivity contribution in [1.29, 1.82) is 0 Å². The monoisotopic (exact) mass is 274 g/mol. The number of nitrogens with zero attached hydrogens (tertiary/aromatic N) is 2. The predicted octanol–water partition coefficient (Wildman–Crippen LogP) is 2.12. The third kappa shape index (κ3) is 2.85. The zero-order valence-electron chi connectivity index (χ0n) is 11.2. The van der Waals surface area contributed by atoms with Gasteiger partial charge in [-0.1, -0.05) is 0 Å². The largest absolute Gasteiger partial charge is 0.396 e. The molecule has 0 aliphatic heterocycles. The van der Waals surface area contributed by atoms with Crippen LogP contribution in [0, 0.1) is 5.82 Å². The molecule has 1 heterocycles. The average Bonchev–Trinajstić information content (AvgIpc) is 2.42. The summed E-state index contributed by atoms with van der Waals surface area (Å²) in [5, 5.41) is 2.70. The minimum atomic E-state index is -0.614. The summed E-state index contributed by atoms with van der Waals surface area (Å²) in [5.41, 5.74) is 6.15. The maximum absolute atomic E-state index is 13.4. The molecule has 2 aromatic rings. The SMILES string of the molecule is CN(C)c1ncccc1NC(=O)c1ccc(N)c(F)c1. The van der Waals surface area contributed by atoms with Crippen LogP contribution in [0.4, 0.5) is 21.6 Å². The van der Waals surface area contributed by atoms with E-state index in [4.69, 9.17) is 5.73 Å². The van der Waals surface area contributed by atoms with Crippen LogP contribution in [-0.2, 0) is 0 Å². The van der Waals surface area contributed by atoms with Crippen molar-refractivity contribution in [2.75, 3.05) is 30.0 Å². The number of anilines is 3. The molecule has 6 heteroatoms. The Labute approximate surface area is 116 Å². The summed E-state index contributed by atoms with van der Waals surface area (Å²) in [6.45, 7) is 0. The maximum atomic E-state index is 13.4. The molecule has 5 nitrogen and oxygen atoms in total.